The molecule has 2 aromatic rings. The van der Waals surface area contributed by atoms with Gasteiger partial charge in [-0.25, -0.2) is 0 Å². The van der Waals surface area contributed by atoms with Crippen molar-refractivity contribution in [3.63, 3.8) is 0 Å². The van der Waals surface area contributed by atoms with Crippen LogP contribution in [0, 0.1) is 11.8 Å². The fourth-order valence-electron chi connectivity index (χ4n) is 4.09. The van der Waals surface area contributed by atoms with Crippen LogP contribution in [0.25, 0.3) is 10.9 Å². The van der Waals surface area contributed by atoms with E-state index in [1.807, 2.05) is 12.1 Å². The third kappa shape index (κ3) is 2.55. The Morgan fingerprint density at radius 1 is 1.38 bits per heavy atom. The fourth-order valence-corrected chi connectivity index (χ4v) is 4.09. The number of phenols is 1. The van der Waals surface area contributed by atoms with Gasteiger partial charge < -0.3 is 15.8 Å². The minimum absolute atomic E-state index is 0.0965. The zero-order valence-corrected chi connectivity index (χ0v) is 13.0. The number of H-pyrrole nitrogens is 1. The molecule has 0 aliphatic heterocycles. The van der Waals surface area contributed by atoms with Gasteiger partial charge in [0.25, 0.3) is 0 Å². The lowest BCUT2D eigenvalue weighted by atomic mass is 9.74. The molecule has 3 rings (SSSR count). The molecule has 0 saturated carbocycles. The summed E-state index contributed by atoms with van der Waals surface area (Å²) in [5.41, 5.74) is 10.0. The summed E-state index contributed by atoms with van der Waals surface area (Å²) in [6.45, 7) is 4.56. The predicted octanol–water partition coefficient (Wildman–Crippen LogP) is 4.26. The van der Waals surface area contributed by atoms with Crippen molar-refractivity contribution >= 4 is 10.9 Å². The van der Waals surface area contributed by atoms with Crippen molar-refractivity contribution in [3.8, 4) is 5.75 Å². The molecule has 1 aliphatic rings. The molecule has 1 aromatic heterocycles. The molecule has 114 valence electrons. The molecule has 0 saturated heterocycles. The number of rotatable bonds is 4. The molecule has 1 heterocycles. The van der Waals surface area contributed by atoms with Gasteiger partial charge in [0, 0.05) is 22.6 Å². The highest BCUT2D eigenvalue weighted by Gasteiger charge is 2.31. The maximum Gasteiger partial charge on any atom is 0.116 e. The molecule has 1 aliphatic carbocycles. The first kappa shape index (κ1) is 14.5. The standard InChI is InChI=1S/C18H26N2O/c1-3-5-11(4-2)12-8-15-14-10-13(21)6-7-17(14)20-18(15)16(19)9-12/h6-7,10-12,16,20-21H,3-5,8-9,19H2,1-2H3. The Balaban J connectivity index is 1.99. The molecule has 21 heavy (non-hydrogen) atoms. The highest BCUT2D eigenvalue weighted by molar-refractivity contribution is 5.86. The van der Waals surface area contributed by atoms with Gasteiger partial charge in [-0.05, 0) is 48.4 Å². The molecule has 0 fully saturated rings. The first-order valence-corrected chi connectivity index (χ1v) is 8.23. The van der Waals surface area contributed by atoms with E-state index in [2.05, 4.69) is 18.8 Å². The van der Waals surface area contributed by atoms with Gasteiger partial charge in [0.2, 0.25) is 0 Å². The Morgan fingerprint density at radius 2 is 2.19 bits per heavy atom. The molecule has 3 nitrogen and oxygen atoms in total. The van der Waals surface area contributed by atoms with Crippen molar-refractivity contribution in [3.05, 3.63) is 29.5 Å². The largest absolute Gasteiger partial charge is 0.508 e. The summed E-state index contributed by atoms with van der Waals surface area (Å²) >= 11 is 0. The Morgan fingerprint density at radius 3 is 2.90 bits per heavy atom. The van der Waals surface area contributed by atoms with Crippen molar-refractivity contribution in [1.82, 2.24) is 4.98 Å². The first-order chi connectivity index (χ1) is 10.1. The molecule has 0 spiro atoms. The number of fused-ring (bicyclic) bond motifs is 3. The number of aromatic nitrogens is 1. The van der Waals surface area contributed by atoms with Crippen LogP contribution in [0.5, 0.6) is 5.75 Å². The Hall–Kier alpha value is -1.48. The van der Waals surface area contributed by atoms with E-state index in [4.69, 9.17) is 5.73 Å². The third-order valence-electron chi connectivity index (χ3n) is 5.17. The summed E-state index contributed by atoms with van der Waals surface area (Å²) in [5, 5.41) is 10.9. The summed E-state index contributed by atoms with van der Waals surface area (Å²) in [7, 11) is 0. The smallest absolute Gasteiger partial charge is 0.116 e. The van der Waals surface area contributed by atoms with E-state index < -0.39 is 0 Å². The highest BCUT2D eigenvalue weighted by atomic mass is 16.3. The number of hydrogen-bond donors (Lipinski definition) is 3. The van der Waals surface area contributed by atoms with Crippen molar-refractivity contribution in [1.29, 1.82) is 0 Å². The van der Waals surface area contributed by atoms with Crippen molar-refractivity contribution in [2.24, 2.45) is 17.6 Å². The van der Waals surface area contributed by atoms with E-state index >= 15 is 0 Å². The lowest BCUT2D eigenvalue weighted by Crippen LogP contribution is -2.28. The monoisotopic (exact) mass is 286 g/mol. The minimum Gasteiger partial charge on any atom is -0.508 e. The highest BCUT2D eigenvalue weighted by Crippen LogP contribution is 2.41. The molecule has 3 unspecified atom stereocenters. The number of aromatic hydroxyl groups is 1. The van der Waals surface area contributed by atoms with Crippen LogP contribution >= 0.6 is 0 Å². The molecular weight excluding hydrogens is 260 g/mol. The first-order valence-electron chi connectivity index (χ1n) is 8.23. The quantitative estimate of drug-likeness (QED) is 0.786. The second-order valence-corrected chi connectivity index (χ2v) is 6.51. The van der Waals surface area contributed by atoms with Gasteiger partial charge >= 0.3 is 0 Å². The second kappa shape index (κ2) is 5.72. The molecule has 1 aromatic carbocycles. The molecule has 4 N–H and O–H groups in total. The normalized spacial score (nSPS) is 23.2. The summed E-state index contributed by atoms with van der Waals surface area (Å²) < 4.78 is 0. The van der Waals surface area contributed by atoms with Crippen LogP contribution < -0.4 is 5.73 Å². The average molecular weight is 286 g/mol. The van der Waals surface area contributed by atoms with Crippen molar-refractivity contribution in [2.45, 2.75) is 52.0 Å². The Bertz CT molecular complexity index is 631. The van der Waals surface area contributed by atoms with Gasteiger partial charge in [0.05, 0.1) is 0 Å². The molecule has 0 bridgehead atoms. The van der Waals surface area contributed by atoms with Crippen LogP contribution in [-0.2, 0) is 6.42 Å². The fraction of sp³-hybridized carbons (Fsp3) is 0.556. The predicted molar refractivity (Wildman–Crippen MR) is 87.4 cm³/mol. The SMILES string of the molecule is CCCC(CC)C1Cc2c([nH]c3ccc(O)cc23)C(N)C1. The van der Waals surface area contributed by atoms with Crippen LogP contribution in [0.1, 0.15) is 56.8 Å². The molecule has 0 amide bonds. The number of aromatic amines is 1. The lowest BCUT2D eigenvalue weighted by molar-refractivity contribution is 0.253. The van der Waals surface area contributed by atoms with Crippen molar-refractivity contribution in [2.75, 3.05) is 0 Å². The summed E-state index contributed by atoms with van der Waals surface area (Å²) in [4.78, 5) is 3.47. The van der Waals surface area contributed by atoms with Gasteiger partial charge in [-0.3, -0.25) is 0 Å². The number of nitrogens with two attached hydrogens (primary N) is 1. The van der Waals surface area contributed by atoms with Gasteiger partial charge in [0.15, 0.2) is 0 Å². The topological polar surface area (TPSA) is 62.0 Å². The Labute approximate surface area is 126 Å². The minimum atomic E-state index is 0.0965. The number of nitrogens with one attached hydrogen (secondary N) is 1. The third-order valence-corrected chi connectivity index (χ3v) is 5.17. The van der Waals surface area contributed by atoms with Gasteiger partial charge in [0.1, 0.15) is 5.75 Å². The van der Waals surface area contributed by atoms with E-state index in [1.54, 1.807) is 6.07 Å². The van der Waals surface area contributed by atoms with E-state index in [0.29, 0.717) is 11.7 Å². The number of benzene rings is 1. The summed E-state index contributed by atoms with van der Waals surface area (Å²) in [6.07, 6.45) is 5.92. The number of phenolic OH excluding ortho intramolecular Hbond substituents is 1. The van der Waals surface area contributed by atoms with Crippen LogP contribution in [-0.4, -0.2) is 10.1 Å². The van der Waals surface area contributed by atoms with E-state index in [0.717, 1.165) is 29.7 Å². The lowest BCUT2D eigenvalue weighted by Gasteiger charge is -2.33. The maximum atomic E-state index is 9.78. The van der Waals surface area contributed by atoms with Crippen LogP contribution in [0.3, 0.4) is 0 Å². The molecule has 3 atom stereocenters. The van der Waals surface area contributed by atoms with Gasteiger partial charge in [-0.1, -0.05) is 33.1 Å². The zero-order valence-electron chi connectivity index (χ0n) is 13.0. The molecular formula is C18H26N2O. The molecule has 3 heteroatoms. The van der Waals surface area contributed by atoms with E-state index in [9.17, 15) is 5.11 Å². The molecule has 0 radical (unpaired) electrons. The Kier molecular flexibility index (Phi) is 3.94. The van der Waals surface area contributed by atoms with Crippen LogP contribution in [0.2, 0.25) is 0 Å². The van der Waals surface area contributed by atoms with E-state index in [-0.39, 0.29) is 6.04 Å². The summed E-state index contributed by atoms with van der Waals surface area (Å²) in [6, 6.07) is 5.66. The van der Waals surface area contributed by atoms with Crippen LogP contribution in [0.15, 0.2) is 18.2 Å². The average Bonchev–Trinajstić information content (AvgIpc) is 2.83. The van der Waals surface area contributed by atoms with Gasteiger partial charge in [-0.15, -0.1) is 0 Å². The second-order valence-electron chi connectivity index (χ2n) is 6.51. The number of hydrogen-bond acceptors (Lipinski definition) is 2. The van der Waals surface area contributed by atoms with Crippen LogP contribution in [0.4, 0.5) is 0 Å². The summed E-state index contributed by atoms with van der Waals surface area (Å²) in [5.74, 6) is 1.76. The van der Waals surface area contributed by atoms with Crippen molar-refractivity contribution < 1.29 is 5.11 Å². The zero-order chi connectivity index (χ0) is 15.0. The van der Waals surface area contributed by atoms with E-state index in [1.165, 1.54) is 30.5 Å². The maximum absolute atomic E-state index is 9.78. The van der Waals surface area contributed by atoms with Gasteiger partial charge in [-0.2, -0.15) is 0 Å².